The van der Waals surface area contributed by atoms with Gasteiger partial charge in [0.15, 0.2) is 0 Å². The Balaban J connectivity index is 2.80. The summed E-state index contributed by atoms with van der Waals surface area (Å²) in [6, 6.07) is 3.90. The maximum absolute atomic E-state index is 6.59. The van der Waals surface area contributed by atoms with Crippen molar-refractivity contribution >= 4 is 0 Å². The standard InChI is InChI=1S/C6H9N3/c1-9-4-2-3-6(9)5-8-7/h2-4,7H,5H2,1H3. The third-order valence-corrected chi connectivity index (χ3v) is 1.29. The van der Waals surface area contributed by atoms with Crippen LogP contribution in [0.3, 0.4) is 0 Å². The zero-order valence-electron chi connectivity index (χ0n) is 5.33. The second-order valence-electron chi connectivity index (χ2n) is 1.93. The summed E-state index contributed by atoms with van der Waals surface area (Å²) >= 11 is 0. The minimum Gasteiger partial charge on any atom is -0.353 e. The summed E-state index contributed by atoms with van der Waals surface area (Å²) in [5, 5.41) is 3.27. The predicted octanol–water partition coefficient (Wildman–Crippen LogP) is 1.56. The molecule has 0 bridgehead atoms. The molecular formula is C6H9N3. The molecule has 3 heteroatoms. The van der Waals surface area contributed by atoms with E-state index in [-0.39, 0.29) is 0 Å². The zero-order chi connectivity index (χ0) is 6.69. The van der Waals surface area contributed by atoms with E-state index < -0.39 is 0 Å². The number of aromatic nitrogens is 1. The first kappa shape index (κ1) is 6.01. The fourth-order valence-corrected chi connectivity index (χ4v) is 0.742. The van der Waals surface area contributed by atoms with Gasteiger partial charge < -0.3 is 4.57 Å². The summed E-state index contributed by atoms with van der Waals surface area (Å²) in [6.07, 6.45) is 1.94. The molecule has 0 fully saturated rings. The second kappa shape index (κ2) is 2.44. The Bertz CT molecular complexity index is 202. The Labute approximate surface area is 53.8 Å². The van der Waals surface area contributed by atoms with E-state index in [1.807, 2.05) is 29.9 Å². The van der Waals surface area contributed by atoms with Crippen molar-refractivity contribution in [3.8, 4) is 0 Å². The molecule has 0 saturated heterocycles. The molecule has 0 aromatic carbocycles. The molecule has 0 aliphatic rings. The minimum absolute atomic E-state index is 0.490. The quantitative estimate of drug-likeness (QED) is 0.580. The van der Waals surface area contributed by atoms with E-state index in [2.05, 4.69) is 5.11 Å². The molecule has 1 N–H and O–H groups in total. The molecule has 3 nitrogen and oxygen atoms in total. The van der Waals surface area contributed by atoms with Gasteiger partial charge in [0.25, 0.3) is 0 Å². The zero-order valence-corrected chi connectivity index (χ0v) is 5.33. The van der Waals surface area contributed by atoms with E-state index in [0.29, 0.717) is 6.54 Å². The Morgan fingerprint density at radius 3 is 3.00 bits per heavy atom. The minimum atomic E-state index is 0.490. The molecule has 1 aromatic heterocycles. The number of rotatable bonds is 2. The van der Waals surface area contributed by atoms with Gasteiger partial charge in [0.1, 0.15) is 0 Å². The maximum Gasteiger partial charge on any atom is 0.0997 e. The summed E-state index contributed by atoms with van der Waals surface area (Å²) in [4.78, 5) is 0. The Hall–Kier alpha value is -1.12. The van der Waals surface area contributed by atoms with Gasteiger partial charge in [-0.2, -0.15) is 5.11 Å². The van der Waals surface area contributed by atoms with Gasteiger partial charge in [0, 0.05) is 18.9 Å². The molecule has 0 atom stereocenters. The van der Waals surface area contributed by atoms with Crippen LogP contribution in [-0.4, -0.2) is 4.57 Å². The fourth-order valence-electron chi connectivity index (χ4n) is 0.742. The van der Waals surface area contributed by atoms with E-state index in [1.165, 1.54) is 0 Å². The van der Waals surface area contributed by atoms with Crippen LogP contribution in [0, 0.1) is 5.53 Å². The Morgan fingerprint density at radius 1 is 1.78 bits per heavy atom. The van der Waals surface area contributed by atoms with Gasteiger partial charge in [0.2, 0.25) is 0 Å². The van der Waals surface area contributed by atoms with Gasteiger partial charge in [0.05, 0.1) is 6.54 Å². The van der Waals surface area contributed by atoms with E-state index in [4.69, 9.17) is 5.53 Å². The van der Waals surface area contributed by atoms with Gasteiger partial charge in [-0.1, -0.05) is 0 Å². The highest BCUT2D eigenvalue weighted by molar-refractivity contribution is 5.05. The topological polar surface area (TPSA) is 41.1 Å². The van der Waals surface area contributed by atoms with Crippen molar-refractivity contribution in [3.05, 3.63) is 24.0 Å². The van der Waals surface area contributed by atoms with Crippen LogP contribution in [-0.2, 0) is 13.6 Å². The maximum atomic E-state index is 6.59. The van der Waals surface area contributed by atoms with E-state index in [1.54, 1.807) is 0 Å². The van der Waals surface area contributed by atoms with Crippen LogP contribution in [0.2, 0.25) is 0 Å². The van der Waals surface area contributed by atoms with E-state index >= 15 is 0 Å². The monoisotopic (exact) mass is 123 g/mol. The van der Waals surface area contributed by atoms with Crippen LogP contribution in [0.5, 0.6) is 0 Å². The van der Waals surface area contributed by atoms with E-state index in [9.17, 15) is 0 Å². The van der Waals surface area contributed by atoms with Gasteiger partial charge in [-0.3, -0.25) is 0 Å². The second-order valence-corrected chi connectivity index (χ2v) is 1.93. The highest BCUT2D eigenvalue weighted by atomic mass is 15.0. The molecule has 1 rings (SSSR count). The van der Waals surface area contributed by atoms with Crippen molar-refractivity contribution in [2.75, 3.05) is 0 Å². The largest absolute Gasteiger partial charge is 0.353 e. The highest BCUT2D eigenvalue weighted by Crippen LogP contribution is 1.99. The lowest BCUT2D eigenvalue weighted by atomic mass is 10.4. The fraction of sp³-hybridized carbons (Fsp3) is 0.333. The number of nitrogens with one attached hydrogen (secondary N) is 1. The average molecular weight is 123 g/mol. The number of aryl methyl sites for hydroxylation is 1. The van der Waals surface area contributed by atoms with Gasteiger partial charge in [-0.15, -0.1) is 0 Å². The van der Waals surface area contributed by atoms with Crippen LogP contribution >= 0.6 is 0 Å². The van der Waals surface area contributed by atoms with Crippen molar-refractivity contribution in [1.29, 1.82) is 5.53 Å². The van der Waals surface area contributed by atoms with Crippen LogP contribution in [0.4, 0.5) is 0 Å². The summed E-state index contributed by atoms with van der Waals surface area (Å²) in [7, 11) is 1.94. The van der Waals surface area contributed by atoms with Crippen molar-refractivity contribution < 1.29 is 0 Å². The van der Waals surface area contributed by atoms with Crippen LogP contribution < -0.4 is 0 Å². The SMILES string of the molecule is Cn1cccc1CN=N. The lowest BCUT2D eigenvalue weighted by Crippen LogP contribution is -1.91. The van der Waals surface area contributed by atoms with Crippen LogP contribution in [0.1, 0.15) is 5.69 Å². The Kier molecular flexibility index (Phi) is 1.63. The third kappa shape index (κ3) is 1.16. The van der Waals surface area contributed by atoms with Crippen molar-refractivity contribution in [2.24, 2.45) is 12.2 Å². The molecule has 0 saturated carbocycles. The van der Waals surface area contributed by atoms with Crippen molar-refractivity contribution in [2.45, 2.75) is 6.54 Å². The van der Waals surface area contributed by atoms with Gasteiger partial charge in [-0.25, -0.2) is 5.53 Å². The number of hydrogen-bond acceptors (Lipinski definition) is 2. The van der Waals surface area contributed by atoms with Gasteiger partial charge in [-0.05, 0) is 12.1 Å². The number of hydrogen-bond donors (Lipinski definition) is 1. The first-order chi connectivity index (χ1) is 4.34. The lowest BCUT2D eigenvalue weighted by molar-refractivity contribution is 0.786. The molecule has 0 aliphatic carbocycles. The average Bonchev–Trinajstić information content (AvgIpc) is 2.18. The van der Waals surface area contributed by atoms with Crippen molar-refractivity contribution in [1.82, 2.24) is 4.57 Å². The normalized spacial score (nSPS) is 9.44. The summed E-state index contributed by atoms with van der Waals surface area (Å²) in [5.74, 6) is 0. The van der Waals surface area contributed by atoms with Crippen LogP contribution in [0.25, 0.3) is 0 Å². The molecule has 1 heterocycles. The molecule has 0 spiro atoms. The number of nitrogens with zero attached hydrogens (tertiary/aromatic N) is 2. The smallest absolute Gasteiger partial charge is 0.0997 e. The lowest BCUT2D eigenvalue weighted by Gasteiger charge is -1.94. The summed E-state index contributed by atoms with van der Waals surface area (Å²) in [5.41, 5.74) is 7.66. The van der Waals surface area contributed by atoms with Crippen molar-refractivity contribution in [3.63, 3.8) is 0 Å². The first-order valence-electron chi connectivity index (χ1n) is 2.78. The van der Waals surface area contributed by atoms with E-state index in [0.717, 1.165) is 5.69 Å². The third-order valence-electron chi connectivity index (χ3n) is 1.29. The molecule has 0 aliphatic heterocycles. The summed E-state index contributed by atoms with van der Waals surface area (Å²) in [6.45, 7) is 0.490. The Morgan fingerprint density at radius 2 is 2.56 bits per heavy atom. The highest BCUT2D eigenvalue weighted by Gasteiger charge is 1.91. The molecule has 48 valence electrons. The first-order valence-corrected chi connectivity index (χ1v) is 2.78. The molecule has 0 unspecified atom stereocenters. The molecular weight excluding hydrogens is 114 g/mol. The van der Waals surface area contributed by atoms with Crippen LogP contribution in [0.15, 0.2) is 23.4 Å². The molecule has 1 aromatic rings. The summed E-state index contributed by atoms with van der Waals surface area (Å²) < 4.78 is 1.96. The predicted molar refractivity (Wildman–Crippen MR) is 34.3 cm³/mol. The molecule has 0 amide bonds. The molecule has 9 heavy (non-hydrogen) atoms. The molecule has 0 radical (unpaired) electrons. The van der Waals surface area contributed by atoms with Gasteiger partial charge >= 0.3 is 0 Å².